The number of methoxy groups -OCH3 is 1. The second-order valence-electron chi connectivity index (χ2n) is 5.48. The summed E-state index contributed by atoms with van der Waals surface area (Å²) in [6.07, 6.45) is 1.87. The lowest BCUT2D eigenvalue weighted by molar-refractivity contribution is -0.149. The van der Waals surface area contributed by atoms with Crippen molar-refractivity contribution in [1.82, 2.24) is 9.80 Å². The Morgan fingerprint density at radius 3 is 2.65 bits per heavy atom. The van der Waals surface area contributed by atoms with E-state index in [-0.39, 0.29) is 29.6 Å². The molecular weight excluding hydrogens is 260 g/mol. The second-order valence-corrected chi connectivity index (χ2v) is 5.48. The van der Waals surface area contributed by atoms with Gasteiger partial charge in [-0.05, 0) is 19.8 Å². The summed E-state index contributed by atoms with van der Waals surface area (Å²) in [5, 5.41) is 0. The second kappa shape index (κ2) is 6.24. The average molecular weight is 282 g/mol. The van der Waals surface area contributed by atoms with Gasteiger partial charge >= 0.3 is 5.97 Å². The van der Waals surface area contributed by atoms with Crippen LogP contribution in [0.2, 0.25) is 0 Å². The highest BCUT2D eigenvalue weighted by molar-refractivity contribution is 5.89. The quantitative estimate of drug-likeness (QED) is 0.697. The molecule has 2 heterocycles. The van der Waals surface area contributed by atoms with E-state index in [4.69, 9.17) is 4.74 Å². The maximum absolute atomic E-state index is 12.5. The fourth-order valence-electron chi connectivity index (χ4n) is 3.04. The molecule has 0 N–H and O–H groups in total. The maximum atomic E-state index is 12.5. The molecule has 20 heavy (non-hydrogen) atoms. The number of likely N-dealkylation sites (tertiary alicyclic amines) is 2. The Hall–Kier alpha value is -1.59. The van der Waals surface area contributed by atoms with Gasteiger partial charge < -0.3 is 14.5 Å². The molecule has 2 rings (SSSR count). The van der Waals surface area contributed by atoms with Crippen LogP contribution < -0.4 is 0 Å². The molecule has 0 aromatic heterocycles. The number of esters is 1. The van der Waals surface area contributed by atoms with E-state index >= 15 is 0 Å². The van der Waals surface area contributed by atoms with Gasteiger partial charge in [0, 0.05) is 32.6 Å². The van der Waals surface area contributed by atoms with Gasteiger partial charge in [-0.3, -0.25) is 14.4 Å². The summed E-state index contributed by atoms with van der Waals surface area (Å²) < 4.78 is 4.76. The van der Waals surface area contributed by atoms with Gasteiger partial charge in [-0.25, -0.2) is 0 Å². The summed E-state index contributed by atoms with van der Waals surface area (Å²) in [6.45, 7) is 4.16. The standard InChI is InChI=1S/C14H22N2O4/c1-3-15-9-11(7-12(15)17)13(18)16-6-4-5-10(8-16)14(19)20-2/h10-11H,3-9H2,1-2H3. The fourth-order valence-corrected chi connectivity index (χ4v) is 3.04. The summed E-state index contributed by atoms with van der Waals surface area (Å²) in [5.74, 6) is -0.675. The molecule has 2 saturated heterocycles. The highest BCUT2D eigenvalue weighted by Crippen LogP contribution is 2.24. The van der Waals surface area contributed by atoms with Crippen LogP contribution >= 0.6 is 0 Å². The molecule has 2 amide bonds. The van der Waals surface area contributed by atoms with Crippen LogP contribution in [0.25, 0.3) is 0 Å². The Morgan fingerprint density at radius 2 is 2.05 bits per heavy atom. The smallest absolute Gasteiger partial charge is 0.310 e. The van der Waals surface area contributed by atoms with E-state index in [2.05, 4.69) is 0 Å². The lowest BCUT2D eigenvalue weighted by Crippen LogP contribution is -2.45. The van der Waals surface area contributed by atoms with Crippen molar-refractivity contribution in [2.45, 2.75) is 26.2 Å². The molecule has 2 unspecified atom stereocenters. The van der Waals surface area contributed by atoms with E-state index in [1.54, 1.807) is 9.80 Å². The first kappa shape index (κ1) is 14.8. The molecule has 112 valence electrons. The molecular formula is C14H22N2O4. The van der Waals surface area contributed by atoms with Crippen molar-refractivity contribution >= 4 is 17.8 Å². The molecule has 2 aliphatic heterocycles. The van der Waals surface area contributed by atoms with Crippen molar-refractivity contribution in [3.05, 3.63) is 0 Å². The van der Waals surface area contributed by atoms with Crippen LogP contribution in [0.3, 0.4) is 0 Å². The summed E-state index contributed by atoms with van der Waals surface area (Å²) in [7, 11) is 1.37. The number of rotatable bonds is 3. The van der Waals surface area contributed by atoms with Gasteiger partial charge in [0.05, 0.1) is 18.9 Å². The van der Waals surface area contributed by atoms with Gasteiger partial charge in [-0.15, -0.1) is 0 Å². The lowest BCUT2D eigenvalue weighted by atomic mass is 9.96. The van der Waals surface area contributed by atoms with E-state index in [1.807, 2.05) is 6.92 Å². The van der Waals surface area contributed by atoms with Gasteiger partial charge in [-0.1, -0.05) is 0 Å². The molecule has 2 aliphatic rings. The zero-order valence-corrected chi connectivity index (χ0v) is 12.1. The molecule has 0 aromatic carbocycles. The molecule has 0 aliphatic carbocycles. The van der Waals surface area contributed by atoms with Crippen LogP contribution in [0, 0.1) is 11.8 Å². The molecule has 0 radical (unpaired) electrons. The zero-order chi connectivity index (χ0) is 14.7. The number of piperidine rings is 1. The first-order chi connectivity index (χ1) is 9.56. The van der Waals surface area contributed by atoms with Crippen LogP contribution in [-0.2, 0) is 19.1 Å². The number of ether oxygens (including phenoxy) is 1. The van der Waals surface area contributed by atoms with Gasteiger partial charge in [0.15, 0.2) is 0 Å². The van der Waals surface area contributed by atoms with Crippen LogP contribution in [0.1, 0.15) is 26.2 Å². The van der Waals surface area contributed by atoms with Gasteiger partial charge in [0.25, 0.3) is 0 Å². The third-order valence-electron chi connectivity index (χ3n) is 4.21. The average Bonchev–Trinajstić information content (AvgIpc) is 2.86. The number of carbonyl (C=O) groups is 3. The fraction of sp³-hybridized carbons (Fsp3) is 0.786. The third-order valence-corrected chi connectivity index (χ3v) is 4.21. The molecule has 6 heteroatoms. The van der Waals surface area contributed by atoms with Gasteiger partial charge in [0.1, 0.15) is 0 Å². The molecule has 0 aromatic rings. The number of carbonyl (C=O) groups excluding carboxylic acids is 3. The van der Waals surface area contributed by atoms with E-state index in [9.17, 15) is 14.4 Å². The molecule has 6 nitrogen and oxygen atoms in total. The van der Waals surface area contributed by atoms with Crippen molar-refractivity contribution < 1.29 is 19.1 Å². The predicted molar refractivity (Wildman–Crippen MR) is 71.7 cm³/mol. The first-order valence-electron chi connectivity index (χ1n) is 7.21. The Balaban J connectivity index is 1.96. The number of nitrogens with zero attached hydrogens (tertiary/aromatic N) is 2. The highest BCUT2D eigenvalue weighted by atomic mass is 16.5. The predicted octanol–water partition coefficient (Wildman–Crippen LogP) is 0.266. The zero-order valence-electron chi connectivity index (χ0n) is 12.1. The van der Waals surface area contributed by atoms with Crippen molar-refractivity contribution in [1.29, 1.82) is 0 Å². The Morgan fingerprint density at radius 1 is 1.30 bits per heavy atom. The van der Waals surface area contributed by atoms with Crippen molar-refractivity contribution in [2.24, 2.45) is 11.8 Å². The molecule has 0 bridgehead atoms. The van der Waals surface area contributed by atoms with E-state index in [0.717, 1.165) is 12.8 Å². The number of amides is 2. The van der Waals surface area contributed by atoms with Crippen LogP contribution in [0.4, 0.5) is 0 Å². The van der Waals surface area contributed by atoms with Crippen molar-refractivity contribution in [2.75, 3.05) is 33.3 Å². The topological polar surface area (TPSA) is 66.9 Å². The molecule has 2 fully saturated rings. The minimum Gasteiger partial charge on any atom is -0.469 e. The van der Waals surface area contributed by atoms with E-state index < -0.39 is 0 Å². The minimum atomic E-state index is -0.251. The van der Waals surface area contributed by atoms with Gasteiger partial charge in [0.2, 0.25) is 11.8 Å². The van der Waals surface area contributed by atoms with E-state index in [0.29, 0.717) is 32.6 Å². The summed E-state index contributed by atoms with van der Waals surface area (Å²) in [5.41, 5.74) is 0. The molecule has 0 spiro atoms. The first-order valence-corrected chi connectivity index (χ1v) is 7.21. The van der Waals surface area contributed by atoms with Crippen LogP contribution in [0.5, 0.6) is 0 Å². The summed E-state index contributed by atoms with van der Waals surface area (Å²) >= 11 is 0. The maximum Gasteiger partial charge on any atom is 0.310 e. The SMILES string of the molecule is CCN1CC(C(=O)N2CCCC(C(=O)OC)C2)CC1=O. The monoisotopic (exact) mass is 282 g/mol. The number of hydrogen-bond acceptors (Lipinski definition) is 4. The van der Waals surface area contributed by atoms with Crippen LogP contribution in [0.15, 0.2) is 0 Å². The minimum absolute atomic E-state index is 0.00269. The Kier molecular flexibility index (Phi) is 4.62. The Labute approximate surface area is 119 Å². The largest absolute Gasteiger partial charge is 0.469 e. The third kappa shape index (κ3) is 2.94. The summed E-state index contributed by atoms with van der Waals surface area (Å²) in [6, 6.07) is 0. The molecule has 2 atom stereocenters. The number of hydrogen-bond donors (Lipinski definition) is 0. The molecule has 0 saturated carbocycles. The van der Waals surface area contributed by atoms with Crippen LogP contribution in [-0.4, -0.2) is 60.9 Å². The van der Waals surface area contributed by atoms with Crippen molar-refractivity contribution in [3.8, 4) is 0 Å². The van der Waals surface area contributed by atoms with Crippen molar-refractivity contribution in [3.63, 3.8) is 0 Å². The van der Waals surface area contributed by atoms with Gasteiger partial charge in [-0.2, -0.15) is 0 Å². The Bertz CT molecular complexity index is 410. The normalized spacial score (nSPS) is 26.8. The van der Waals surface area contributed by atoms with E-state index in [1.165, 1.54) is 7.11 Å². The lowest BCUT2D eigenvalue weighted by Gasteiger charge is -2.32. The highest BCUT2D eigenvalue weighted by Gasteiger charge is 2.38. The summed E-state index contributed by atoms with van der Waals surface area (Å²) in [4.78, 5) is 39.2.